The second-order valence-corrected chi connectivity index (χ2v) is 5.48. The van der Waals surface area contributed by atoms with Crippen LogP contribution in [0.15, 0.2) is 18.2 Å². The monoisotopic (exact) mass is 292 g/mol. The van der Waals surface area contributed by atoms with E-state index in [4.69, 9.17) is 16.3 Å². The summed E-state index contributed by atoms with van der Waals surface area (Å²) in [6.07, 6.45) is 1.02. The Hall–Kier alpha value is -1.47. The Morgan fingerprint density at radius 1 is 1.39 bits per heavy atom. The quantitative estimate of drug-likeness (QED) is 0.800. The molecular formula is C10H13ClN2O4S. The minimum absolute atomic E-state index is 0.227. The van der Waals surface area contributed by atoms with E-state index in [2.05, 4.69) is 10.0 Å². The lowest BCUT2D eigenvalue weighted by Crippen LogP contribution is -2.16. The van der Waals surface area contributed by atoms with Gasteiger partial charge in [0.2, 0.25) is 15.9 Å². The molecule has 100 valence electrons. The maximum absolute atomic E-state index is 11.2. The summed E-state index contributed by atoms with van der Waals surface area (Å²) in [5, 5.41) is 2.48. The molecule has 1 rings (SSSR count). The van der Waals surface area contributed by atoms with Gasteiger partial charge in [0.05, 0.1) is 24.7 Å². The van der Waals surface area contributed by atoms with Crippen LogP contribution in [-0.2, 0) is 14.8 Å². The number of alkyl halides is 1. The van der Waals surface area contributed by atoms with Crippen molar-refractivity contribution in [3.05, 3.63) is 18.2 Å². The van der Waals surface area contributed by atoms with Gasteiger partial charge in [0.25, 0.3) is 0 Å². The summed E-state index contributed by atoms with van der Waals surface area (Å²) in [7, 11) is -1.97. The Bertz CT molecular complexity index is 545. The Labute approximate surface area is 110 Å². The van der Waals surface area contributed by atoms with Crippen molar-refractivity contribution in [1.29, 1.82) is 0 Å². The van der Waals surface area contributed by atoms with Crippen LogP contribution in [0.2, 0.25) is 0 Å². The van der Waals surface area contributed by atoms with Crippen molar-refractivity contribution in [2.45, 2.75) is 0 Å². The zero-order chi connectivity index (χ0) is 13.8. The van der Waals surface area contributed by atoms with Gasteiger partial charge in [-0.25, -0.2) is 8.42 Å². The van der Waals surface area contributed by atoms with Gasteiger partial charge in [-0.2, -0.15) is 0 Å². The van der Waals surface area contributed by atoms with E-state index in [9.17, 15) is 13.2 Å². The Morgan fingerprint density at radius 3 is 2.56 bits per heavy atom. The molecule has 0 aliphatic rings. The summed E-state index contributed by atoms with van der Waals surface area (Å²) >= 11 is 5.38. The Morgan fingerprint density at radius 2 is 2.06 bits per heavy atom. The summed E-state index contributed by atoms with van der Waals surface area (Å²) in [6.45, 7) is 0. The fraction of sp³-hybridized carbons (Fsp3) is 0.300. The highest BCUT2D eigenvalue weighted by molar-refractivity contribution is 7.92. The third-order valence-corrected chi connectivity index (χ3v) is 2.75. The first-order valence-electron chi connectivity index (χ1n) is 4.87. The number of ether oxygens (including phenoxy) is 1. The van der Waals surface area contributed by atoms with Gasteiger partial charge in [0, 0.05) is 6.07 Å². The number of hydrogen-bond acceptors (Lipinski definition) is 4. The highest BCUT2D eigenvalue weighted by Gasteiger charge is 2.11. The van der Waals surface area contributed by atoms with Crippen molar-refractivity contribution in [3.63, 3.8) is 0 Å². The van der Waals surface area contributed by atoms with E-state index < -0.39 is 15.9 Å². The van der Waals surface area contributed by atoms with Crippen molar-refractivity contribution < 1.29 is 17.9 Å². The lowest BCUT2D eigenvalue weighted by atomic mass is 10.2. The van der Waals surface area contributed by atoms with Gasteiger partial charge >= 0.3 is 0 Å². The SMILES string of the molecule is COc1ccc(NS(C)(=O)=O)c(NC(=O)CCl)c1. The first-order chi connectivity index (χ1) is 8.35. The smallest absolute Gasteiger partial charge is 0.239 e. The number of anilines is 2. The fourth-order valence-electron chi connectivity index (χ4n) is 1.23. The third-order valence-electron chi connectivity index (χ3n) is 1.92. The minimum Gasteiger partial charge on any atom is -0.497 e. The van der Waals surface area contributed by atoms with E-state index in [0.717, 1.165) is 6.26 Å². The zero-order valence-electron chi connectivity index (χ0n) is 9.86. The summed E-state index contributed by atoms with van der Waals surface area (Å²) in [6, 6.07) is 4.56. The van der Waals surface area contributed by atoms with Gasteiger partial charge < -0.3 is 10.1 Å². The highest BCUT2D eigenvalue weighted by atomic mass is 35.5. The molecule has 0 aliphatic carbocycles. The van der Waals surface area contributed by atoms with Crippen molar-refractivity contribution in [3.8, 4) is 5.75 Å². The number of rotatable bonds is 5. The van der Waals surface area contributed by atoms with Crippen LogP contribution in [0.3, 0.4) is 0 Å². The normalized spacial score (nSPS) is 10.8. The molecule has 18 heavy (non-hydrogen) atoms. The van der Waals surface area contributed by atoms with Crippen molar-refractivity contribution in [2.24, 2.45) is 0 Å². The number of methoxy groups -OCH3 is 1. The largest absolute Gasteiger partial charge is 0.497 e. The van der Waals surface area contributed by atoms with Crippen LogP contribution in [0.25, 0.3) is 0 Å². The number of carbonyl (C=O) groups is 1. The molecule has 0 aliphatic heterocycles. The van der Waals surface area contributed by atoms with Crippen molar-refractivity contribution in [1.82, 2.24) is 0 Å². The molecule has 1 aromatic carbocycles. The van der Waals surface area contributed by atoms with E-state index in [1.165, 1.54) is 19.2 Å². The molecule has 0 aromatic heterocycles. The van der Waals surface area contributed by atoms with E-state index in [1.54, 1.807) is 6.07 Å². The van der Waals surface area contributed by atoms with Gasteiger partial charge in [-0.15, -0.1) is 11.6 Å². The predicted octanol–water partition coefficient (Wildman–Crippen LogP) is 1.24. The molecule has 0 radical (unpaired) electrons. The lowest BCUT2D eigenvalue weighted by Gasteiger charge is -2.12. The number of nitrogens with one attached hydrogen (secondary N) is 2. The first-order valence-corrected chi connectivity index (χ1v) is 7.30. The summed E-state index contributed by atoms with van der Waals surface area (Å²) in [5.41, 5.74) is 0.530. The maximum Gasteiger partial charge on any atom is 0.239 e. The van der Waals surface area contributed by atoms with Crippen LogP contribution in [0, 0.1) is 0 Å². The minimum atomic E-state index is -3.44. The average Bonchev–Trinajstić information content (AvgIpc) is 2.29. The van der Waals surface area contributed by atoms with Crippen molar-refractivity contribution in [2.75, 3.05) is 29.3 Å². The van der Waals surface area contributed by atoms with Crippen LogP contribution in [0.1, 0.15) is 0 Å². The summed E-state index contributed by atoms with van der Waals surface area (Å²) in [5.74, 6) is -0.185. The molecule has 0 bridgehead atoms. The second kappa shape index (κ2) is 5.92. The molecule has 0 spiro atoms. The molecule has 0 fully saturated rings. The third kappa shape index (κ3) is 4.42. The highest BCUT2D eigenvalue weighted by Crippen LogP contribution is 2.27. The first kappa shape index (κ1) is 14.6. The summed E-state index contributed by atoms with van der Waals surface area (Å²) < 4.78 is 29.6. The number of carbonyl (C=O) groups excluding carboxylic acids is 1. The lowest BCUT2D eigenvalue weighted by molar-refractivity contribution is -0.113. The maximum atomic E-state index is 11.2. The molecule has 1 aromatic rings. The molecule has 0 unspecified atom stereocenters. The Kier molecular flexibility index (Phi) is 4.80. The van der Waals surface area contributed by atoms with E-state index in [0.29, 0.717) is 5.75 Å². The van der Waals surface area contributed by atoms with Crippen LogP contribution >= 0.6 is 11.6 Å². The van der Waals surface area contributed by atoms with Gasteiger partial charge in [0.1, 0.15) is 11.6 Å². The molecule has 0 atom stereocenters. The average molecular weight is 293 g/mol. The zero-order valence-corrected chi connectivity index (χ0v) is 11.4. The molecule has 1 amide bonds. The van der Waals surface area contributed by atoms with Gasteiger partial charge in [-0.3, -0.25) is 9.52 Å². The molecular weight excluding hydrogens is 280 g/mol. The van der Waals surface area contributed by atoms with Gasteiger partial charge in [-0.05, 0) is 12.1 Å². The van der Waals surface area contributed by atoms with E-state index in [-0.39, 0.29) is 17.3 Å². The Balaban J connectivity index is 3.11. The fourth-order valence-corrected chi connectivity index (χ4v) is 1.87. The standard InChI is InChI=1S/C10H13ClN2O4S/c1-17-7-3-4-8(13-18(2,15)16)9(5-7)12-10(14)6-11/h3-5,13H,6H2,1-2H3,(H,12,14). The van der Waals surface area contributed by atoms with Crippen LogP contribution in [0.5, 0.6) is 5.75 Å². The van der Waals surface area contributed by atoms with Gasteiger partial charge in [0.15, 0.2) is 0 Å². The molecule has 6 nitrogen and oxygen atoms in total. The molecule has 8 heteroatoms. The van der Waals surface area contributed by atoms with Crippen LogP contribution < -0.4 is 14.8 Å². The van der Waals surface area contributed by atoms with Crippen LogP contribution in [0.4, 0.5) is 11.4 Å². The molecule has 2 N–H and O–H groups in total. The topological polar surface area (TPSA) is 84.5 Å². The number of benzene rings is 1. The van der Waals surface area contributed by atoms with Crippen molar-refractivity contribution >= 4 is 38.9 Å². The molecule has 0 saturated carbocycles. The van der Waals surface area contributed by atoms with Crippen LogP contribution in [-0.4, -0.2) is 33.6 Å². The summed E-state index contributed by atoms with van der Waals surface area (Å²) in [4.78, 5) is 11.2. The number of halogens is 1. The molecule has 0 saturated heterocycles. The number of amides is 1. The van der Waals surface area contributed by atoms with E-state index in [1.807, 2.05) is 0 Å². The predicted molar refractivity (Wildman–Crippen MR) is 70.8 cm³/mol. The number of sulfonamides is 1. The number of hydrogen-bond donors (Lipinski definition) is 2. The second-order valence-electron chi connectivity index (χ2n) is 3.47. The van der Waals surface area contributed by atoms with Gasteiger partial charge in [-0.1, -0.05) is 0 Å². The molecule has 0 heterocycles. The van der Waals surface area contributed by atoms with E-state index >= 15 is 0 Å².